The highest BCUT2D eigenvalue weighted by Gasteiger charge is 2.21. The topological polar surface area (TPSA) is 49.4 Å². The smallest absolute Gasteiger partial charge is 0.263 e. The minimum Gasteiger partial charge on any atom is -0.338 e. The Morgan fingerprint density at radius 2 is 1.77 bits per heavy atom. The average molecular weight is 364 g/mol. The van der Waals surface area contributed by atoms with E-state index >= 15 is 0 Å². The van der Waals surface area contributed by atoms with Crippen LogP contribution in [0.3, 0.4) is 0 Å². The third-order valence-electron chi connectivity index (χ3n) is 4.61. The molecular formula is C21H20N2O2S. The number of thiophene rings is 1. The number of fused-ring (bicyclic) bond motifs is 1. The first-order chi connectivity index (χ1) is 12.7. The van der Waals surface area contributed by atoms with Crippen molar-refractivity contribution in [3.63, 3.8) is 0 Å². The fourth-order valence-corrected chi connectivity index (χ4v) is 4.30. The van der Waals surface area contributed by atoms with E-state index in [9.17, 15) is 9.59 Å². The van der Waals surface area contributed by atoms with Gasteiger partial charge in [-0.2, -0.15) is 0 Å². The molecule has 1 aliphatic rings. The molecule has 132 valence electrons. The second kappa shape index (κ2) is 7.30. The summed E-state index contributed by atoms with van der Waals surface area (Å²) in [6, 6.07) is 17.4. The number of likely N-dealkylation sites (tertiary alicyclic amines) is 1. The summed E-state index contributed by atoms with van der Waals surface area (Å²) in [5, 5.41) is 3.94. The minimum atomic E-state index is -0.0425. The van der Waals surface area contributed by atoms with Gasteiger partial charge >= 0.3 is 0 Å². The Morgan fingerprint density at radius 1 is 1.00 bits per heavy atom. The van der Waals surface area contributed by atoms with E-state index in [1.165, 1.54) is 11.3 Å². The summed E-state index contributed by atoms with van der Waals surface area (Å²) in [4.78, 5) is 27.5. The first-order valence-electron chi connectivity index (χ1n) is 8.86. The number of nitrogens with one attached hydrogen (secondary N) is 1. The van der Waals surface area contributed by atoms with Crippen molar-refractivity contribution in [3.8, 4) is 0 Å². The summed E-state index contributed by atoms with van der Waals surface area (Å²) in [7, 11) is 0. The van der Waals surface area contributed by atoms with Crippen molar-refractivity contribution in [2.45, 2.75) is 19.3 Å². The zero-order chi connectivity index (χ0) is 17.9. The molecule has 0 bridgehead atoms. The van der Waals surface area contributed by atoms with E-state index in [4.69, 9.17) is 0 Å². The molecule has 0 saturated carbocycles. The van der Waals surface area contributed by atoms with Gasteiger partial charge in [0.1, 0.15) is 0 Å². The fourth-order valence-electron chi connectivity index (χ4n) is 3.29. The van der Waals surface area contributed by atoms with Crippen molar-refractivity contribution >= 4 is 38.9 Å². The monoisotopic (exact) mass is 364 g/mol. The summed E-state index contributed by atoms with van der Waals surface area (Å²) in [6.45, 7) is 1.71. The maximum Gasteiger partial charge on any atom is 0.263 e. The number of carbonyl (C=O) groups excluding carboxylic acids is 2. The molecule has 1 fully saturated rings. The normalized spacial score (nSPS) is 13.9. The van der Waals surface area contributed by atoms with E-state index in [-0.39, 0.29) is 11.8 Å². The molecule has 0 unspecified atom stereocenters. The predicted octanol–water partition coefficient (Wildman–Crippen LogP) is 4.32. The molecule has 2 amide bonds. The van der Waals surface area contributed by atoms with Gasteiger partial charge in [0.2, 0.25) is 5.91 Å². The maximum absolute atomic E-state index is 12.5. The molecule has 1 N–H and O–H groups in total. The predicted molar refractivity (Wildman–Crippen MR) is 106 cm³/mol. The van der Waals surface area contributed by atoms with Crippen LogP contribution in [0.2, 0.25) is 0 Å². The van der Waals surface area contributed by atoms with Gasteiger partial charge in [-0.25, -0.2) is 0 Å². The molecule has 4 nitrogen and oxygen atoms in total. The zero-order valence-electron chi connectivity index (χ0n) is 14.4. The first kappa shape index (κ1) is 16.8. The van der Waals surface area contributed by atoms with E-state index in [0.29, 0.717) is 6.42 Å². The van der Waals surface area contributed by atoms with Crippen LogP contribution in [0.1, 0.15) is 28.1 Å². The summed E-state index contributed by atoms with van der Waals surface area (Å²) >= 11 is 1.52. The summed E-state index contributed by atoms with van der Waals surface area (Å²) in [5.41, 5.74) is 1.75. The van der Waals surface area contributed by atoms with Gasteiger partial charge < -0.3 is 10.2 Å². The zero-order valence-corrected chi connectivity index (χ0v) is 15.2. The lowest BCUT2D eigenvalue weighted by Gasteiger charge is -2.13. The van der Waals surface area contributed by atoms with Gasteiger partial charge in [-0.05, 0) is 48.1 Å². The number of anilines is 1. The third kappa shape index (κ3) is 3.63. The largest absolute Gasteiger partial charge is 0.338 e. The molecule has 2 heterocycles. The molecule has 0 aliphatic carbocycles. The van der Waals surface area contributed by atoms with Crippen LogP contribution in [0, 0.1) is 0 Å². The van der Waals surface area contributed by atoms with Crippen LogP contribution in [0.25, 0.3) is 10.1 Å². The number of amides is 2. The number of hydrogen-bond donors (Lipinski definition) is 1. The second-order valence-electron chi connectivity index (χ2n) is 6.57. The molecule has 1 saturated heterocycles. The van der Waals surface area contributed by atoms with Crippen molar-refractivity contribution in [1.29, 1.82) is 0 Å². The molecule has 1 aliphatic heterocycles. The Bertz CT molecular complexity index is 943. The van der Waals surface area contributed by atoms with Crippen LogP contribution in [0.15, 0.2) is 54.6 Å². The van der Waals surface area contributed by atoms with Gasteiger partial charge in [-0.1, -0.05) is 30.3 Å². The van der Waals surface area contributed by atoms with Crippen molar-refractivity contribution in [2.75, 3.05) is 18.4 Å². The van der Waals surface area contributed by atoms with E-state index in [2.05, 4.69) is 5.32 Å². The Hall–Kier alpha value is -2.66. The minimum absolute atomic E-state index is 0.0425. The Balaban J connectivity index is 1.48. The molecule has 0 spiro atoms. The van der Waals surface area contributed by atoms with Gasteiger partial charge in [0.15, 0.2) is 0 Å². The van der Waals surface area contributed by atoms with E-state index < -0.39 is 0 Å². The molecule has 0 radical (unpaired) electrons. The molecule has 2 aromatic carbocycles. The lowest BCUT2D eigenvalue weighted by atomic mass is 10.1. The standard InChI is InChI=1S/C21H20N2O2S/c24-20(12-15-6-2-1-3-7-15)22-17-8-9-18-16(13-17)14-19(26-18)21(25)23-10-4-5-11-23/h1-3,6-9,13-14H,4-5,10-12H2,(H,22,24). The summed E-state index contributed by atoms with van der Waals surface area (Å²) < 4.78 is 1.06. The van der Waals surface area contributed by atoms with Crippen molar-refractivity contribution < 1.29 is 9.59 Å². The number of hydrogen-bond acceptors (Lipinski definition) is 3. The van der Waals surface area contributed by atoms with Gasteiger partial charge in [0.05, 0.1) is 11.3 Å². The lowest BCUT2D eigenvalue weighted by molar-refractivity contribution is -0.115. The van der Waals surface area contributed by atoms with Crippen LogP contribution in [0.5, 0.6) is 0 Å². The van der Waals surface area contributed by atoms with Gasteiger partial charge in [-0.3, -0.25) is 9.59 Å². The fraction of sp³-hybridized carbons (Fsp3) is 0.238. The quantitative estimate of drug-likeness (QED) is 0.749. The highest BCUT2D eigenvalue weighted by Crippen LogP contribution is 2.29. The third-order valence-corrected chi connectivity index (χ3v) is 5.72. The van der Waals surface area contributed by atoms with E-state index in [1.807, 2.05) is 59.5 Å². The van der Waals surface area contributed by atoms with Crippen LogP contribution < -0.4 is 5.32 Å². The Kier molecular flexibility index (Phi) is 4.71. The number of nitrogens with zero attached hydrogens (tertiary/aromatic N) is 1. The SMILES string of the molecule is O=C(Cc1ccccc1)Nc1ccc2sc(C(=O)N3CCCC3)cc2c1. The van der Waals surface area contributed by atoms with Gasteiger partial charge in [0.25, 0.3) is 5.91 Å². The molecule has 4 rings (SSSR count). The summed E-state index contributed by atoms with van der Waals surface area (Å²) in [6.07, 6.45) is 2.53. The average Bonchev–Trinajstić information content (AvgIpc) is 3.31. The lowest BCUT2D eigenvalue weighted by Crippen LogP contribution is -2.26. The number of benzene rings is 2. The Labute approximate surface area is 156 Å². The maximum atomic E-state index is 12.5. The van der Waals surface area contributed by atoms with Crippen LogP contribution in [0.4, 0.5) is 5.69 Å². The molecule has 5 heteroatoms. The highest BCUT2D eigenvalue weighted by atomic mass is 32.1. The molecular weight excluding hydrogens is 344 g/mol. The summed E-state index contributed by atoms with van der Waals surface area (Å²) in [5.74, 6) is 0.0810. The highest BCUT2D eigenvalue weighted by molar-refractivity contribution is 7.20. The van der Waals surface area contributed by atoms with Gasteiger partial charge in [-0.15, -0.1) is 11.3 Å². The van der Waals surface area contributed by atoms with E-state index in [0.717, 1.165) is 52.1 Å². The second-order valence-corrected chi connectivity index (χ2v) is 7.66. The molecule has 0 atom stereocenters. The molecule has 1 aromatic heterocycles. The van der Waals surface area contributed by atoms with Crippen LogP contribution in [-0.4, -0.2) is 29.8 Å². The van der Waals surface area contributed by atoms with Crippen molar-refractivity contribution in [3.05, 3.63) is 65.0 Å². The van der Waals surface area contributed by atoms with E-state index in [1.54, 1.807) is 0 Å². The Morgan fingerprint density at radius 3 is 2.54 bits per heavy atom. The first-order valence-corrected chi connectivity index (χ1v) is 9.67. The molecule has 26 heavy (non-hydrogen) atoms. The van der Waals surface area contributed by atoms with Gasteiger partial charge in [0, 0.05) is 23.5 Å². The van der Waals surface area contributed by atoms with Crippen LogP contribution >= 0.6 is 11.3 Å². The number of carbonyl (C=O) groups is 2. The van der Waals surface area contributed by atoms with Crippen molar-refractivity contribution in [2.24, 2.45) is 0 Å². The van der Waals surface area contributed by atoms with Crippen molar-refractivity contribution in [1.82, 2.24) is 4.90 Å². The van der Waals surface area contributed by atoms with Crippen LogP contribution in [-0.2, 0) is 11.2 Å². The number of rotatable bonds is 4. The molecule has 3 aromatic rings.